The van der Waals surface area contributed by atoms with Crippen LogP contribution in [0.3, 0.4) is 0 Å². The van der Waals surface area contributed by atoms with Gasteiger partial charge in [0.1, 0.15) is 6.54 Å². The molecule has 0 atom stereocenters. The van der Waals surface area contributed by atoms with E-state index in [2.05, 4.69) is 35.1 Å². The van der Waals surface area contributed by atoms with Gasteiger partial charge < -0.3 is 9.88 Å². The zero-order chi connectivity index (χ0) is 14.0. The largest absolute Gasteiger partial charge is 0.342 e. The number of nitrogens with zero attached hydrogens (tertiary/aromatic N) is 1. The van der Waals surface area contributed by atoms with E-state index in [0.717, 1.165) is 15.9 Å². The van der Waals surface area contributed by atoms with Gasteiger partial charge >= 0.3 is 0 Å². The van der Waals surface area contributed by atoms with Crippen LogP contribution in [0.1, 0.15) is 16.8 Å². The molecule has 100 valence electrons. The highest BCUT2D eigenvalue weighted by Crippen LogP contribution is 2.16. The Morgan fingerprint density at radius 1 is 1.21 bits per heavy atom. The van der Waals surface area contributed by atoms with E-state index in [4.69, 9.17) is 0 Å². The first-order valence-electron chi connectivity index (χ1n) is 6.15. The fraction of sp³-hybridized carbons (Fsp3) is 0.267. The van der Waals surface area contributed by atoms with Crippen LogP contribution < -0.4 is 5.32 Å². The lowest BCUT2D eigenvalue weighted by molar-refractivity contribution is -0.116. The van der Waals surface area contributed by atoms with Crippen molar-refractivity contribution in [3.05, 3.63) is 51.8 Å². The van der Waals surface area contributed by atoms with Crippen LogP contribution in [0.5, 0.6) is 0 Å². The Balaban J connectivity index is 2.05. The number of benzene rings is 1. The molecule has 19 heavy (non-hydrogen) atoms. The van der Waals surface area contributed by atoms with Crippen molar-refractivity contribution < 1.29 is 4.79 Å². The maximum atomic E-state index is 12.0. The standard InChI is InChI=1S/C15H17BrN2O/c1-10-8-18(12(3)11(10)2)9-15(19)17-14-6-4-13(16)5-7-14/h4-8H,9H2,1-3H3,(H,17,19). The van der Waals surface area contributed by atoms with Gasteiger partial charge in [0, 0.05) is 22.1 Å². The molecule has 0 radical (unpaired) electrons. The van der Waals surface area contributed by atoms with E-state index < -0.39 is 0 Å². The van der Waals surface area contributed by atoms with Crippen LogP contribution in [0.4, 0.5) is 5.69 Å². The summed E-state index contributed by atoms with van der Waals surface area (Å²) in [6, 6.07) is 7.57. The van der Waals surface area contributed by atoms with Crippen molar-refractivity contribution in [2.24, 2.45) is 0 Å². The second-order valence-electron chi connectivity index (χ2n) is 4.71. The maximum Gasteiger partial charge on any atom is 0.244 e. The SMILES string of the molecule is Cc1cn(CC(=O)Nc2ccc(Br)cc2)c(C)c1C. The molecule has 0 saturated heterocycles. The molecule has 2 aromatic rings. The van der Waals surface area contributed by atoms with E-state index in [9.17, 15) is 4.79 Å². The molecule has 0 saturated carbocycles. The molecule has 3 nitrogen and oxygen atoms in total. The van der Waals surface area contributed by atoms with Crippen molar-refractivity contribution in [2.75, 3.05) is 5.32 Å². The van der Waals surface area contributed by atoms with Crippen LogP contribution in [0.2, 0.25) is 0 Å². The molecule has 0 aliphatic rings. The zero-order valence-corrected chi connectivity index (χ0v) is 12.9. The summed E-state index contributed by atoms with van der Waals surface area (Å²) < 4.78 is 2.98. The molecule has 0 aliphatic heterocycles. The highest BCUT2D eigenvalue weighted by Gasteiger charge is 2.09. The highest BCUT2D eigenvalue weighted by molar-refractivity contribution is 9.10. The number of anilines is 1. The Hall–Kier alpha value is -1.55. The fourth-order valence-corrected chi connectivity index (χ4v) is 2.25. The summed E-state index contributed by atoms with van der Waals surface area (Å²) in [5.74, 6) is -0.0135. The quantitative estimate of drug-likeness (QED) is 0.916. The van der Waals surface area contributed by atoms with Gasteiger partial charge in [0.25, 0.3) is 0 Å². The third-order valence-electron chi connectivity index (χ3n) is 3.36. The first-order chi connectivity index (χ1) is 8.97. The Morgan fingerprint density at radius 2 is 1.84 bits per heavy atom. The van der Waals surface area contributed by atoms with Crippen LogP contribution in [-0.4, -0.2) is 10.5 Å². The lowest BCUT2D eigenvalue weighted by Crippen LogP contribution is -2.18. The molecule has 1 N–H and O–H groups in total. The molecular formula is C15H17BrN2O. The third-order valence-corrected chi connectivity index (χ3v) is 3.89. The summed E-state index contributed by atoms with van der Waals surface area (Å²) in [5.41, 5.74) is 4.42. The predicted molar refractivity (Wildman–Crippen MR) is 81.4 cm³/mol. The van der Waals surface area contributed by atoms with Gasteiger partial charge in [-0.05, 0) is 56.2 Å². The number of aryl methyl sites for hydroxylation is 1. The van der Waals surface area contributed by atoms with Gasteiger partial charge in [-0.3, -0.25) is 4.79 Å². The lowest BCUT2D eigenvalue weighted by atomic mass is 10.2. The van der Waals surface area contributed by atoms with Gasteiger partial charge in [0.15, 0.2) is 0 Å². The molecule has 0 fully saturated rings. The maximum absolute atomic E-state index is 12.0. The number of carbonyl (C=O) groups is 1. The summed E-state index contributed by atoms with van der Waals surface area (Å²) in [7, 11) is 0. The Kier molecular flexibility index (Phi) is 4.10. The van der Waals surface area contributed by atoms with Gasteiger partial charge in [0.05, 0.1) is 0 Å². The number of carbonyl (C=O) groups excluding carboxylic acids is 1. The number of hydrogen-bond acceptors (Lipinski definition) is 1. The average Bonchev–Trinajstić information content (AvgIpc) is 2.60. The molecule has 1 heterocycles. The third kappa shape index (κ3) is 3.26. The van der Waals surface area contributed by atoms with Crippen LogP contribution >= 0.6 is 15.9 Å². The van der Waals surface area contributed by atoms with E-state index in [0.29, 0.717) is 6.54 Å². The van der Waals surface area contributed by atoms with Crippen LogP contribution in [0, 0.1) is 20.8 Å². The molecule has 1 amide bonds. The smallest absolute Gasteiger partial charge is 0.244 e. The molecule has 0 bridgehead atoms. The van der Waals surface area contributed by atoms with E-state index in [1.54, 1.807) is 0 Å². The minimum absolute atomic E-state index is 0.0135. The van der Waals surface area contributed by atoms with Crippen LogP contribution in [0.25, 0.3) is 0 Å². The number of nitrogens with one attached hydrogen (secondary N) is 1. The van der Waals surface area contributed by atoms with Gasteiger partial charge in [0.2, 0.25) is 5.91 Å². The minimum atomic E-state index is -0.0135. The van der Waals surface area contributed by atoms with Crippen molar-refractivity contribution in [3.63, 3.8) is 0 Å². The Morgan fingerprint density at radius 3 is 2.37 bits per heavy atom. The Bertz CT molecular complexity index is 599. The summed E-state index contributed by atoms with van der Waals surface area (Å²) in [6.45, 7) is 6.52. The molecular weight excluding hydrogens is 304 g/mol. The molecule has 2 rings (SSSR count). The number of amides is 1. The predicted octanol–water partition coefficient (Wildman–Crippen LogP) is 3.81. The summed E-state index contributed by atoms with van der Waals surface area (Å²) in [6.07, 6.45) is 2.02. The second kappa shape index (κ2) is 5.61. The van der Waals surface area contributed by atoms with E-state index >= 15 is 0 Å². The normalized spacial score (nSPS) is 10.5. The van der Waals surface area contributed by atoms with Crippen molar-refractivity contribution in [1.29, 1.82) is 0 Å². The van der Waals surface area contributed by atoms with Crippen molar-refractivity contribution in [3.8, 4) is 0 Å². The molecule has 0 aliphatic carbocycles. The summed E-state index contributed by atoms with van der Waals surface area (Å²) >= 11 is 3.37. The summed E-state index contributed by atoms with van der Waals surface area (Å²) in [5, 5.41) is 2.89. The van der Waals surface area contributed by atoms with Crippen molar-refractivity contribution in [1.82, 2.24) is 4.57 Å². The molecule has 1 aromatic heterocycles. The van der Waals surface area contributed by atoms with E-state index in [1.165, 1.54) is 11.1 Å². The molecule has 4 heteroatoms. The second-order valence-corrected chi connectivity index (χ2v) is 5.62. The van der Waals surface area contributed by atoms with Gasteiger partial charge in [-0.2, -0.15) is 0 Å². The number of rotatable bonds is 3. The topological polar surface area (TPSA) is 34.0 Å². The lowest BCUT2D eigenvalue weighted by Gasteiger charge is -2.08. The van der Waals surface area contributed by atoms with Crippen LogP contribution in [0.15, 0.2) is 34.9 Å². The monoisotopic (exact) mass is 320 g/mol. The first kappa shape index (κ1) is 13.9. The van der Waals surface area contributed by atoms with Gasteiger partial charge in [-0.25, -0.2) is 0 Å². The molecule has 0 spiro atoms. The van der Waals surface area contributed by atoms with E-state index in [1.807, 2.05) is 42.0 Å². The summed E-state index contributed by atoms with van der Waals surface area (Å²) in [4.78, 5) is 12.0. The Labute approximate surface area is 121 Å². The fourth-order valence-electron chi connectivity index (χ4n) is 1.98. The minimum Gasteiger partial charge on any atom is -0.342 e. The van der Waals surface area contributed by atoms with Gasteiger partial charge in [-0.15, -0.1) is 0 Å². The van der Waals surface area contributed by atoms with Gasteiger partial charge in [-0.1, -0.05) is 15.9 Å². The molecule has 1 aromatic carbocycles. The zero-order valence-electron chi connectivity index (χ0n) is 11.3. The average molecular weight is 321 g/mol. The number of aromatic nitrogens is 1. The number of hydrogen-bond donors (Lipinski definition) is 1. The number of halogens is 1. The van der Waals surface area contributed by atoms with Crippen LogP contribution in [-0.2, 0) is 11.3 Å². The van der Waals surface area contributed by atoms with Crippen molar-refractivity contribution >= 4 is 27.5 Å². The first-order valence-corrected chi connectivity index (χ1v) is 6.95. The molecule has 0 unspecified atom stereocenters. The van der Waals surface area contributed by atoms with Crippen molar-refractivity contribution in [2.45, 2.75) is 27.3 Å². The highest BCUT2D eigenvalue weighted by atomic mass is 79.9. The van der Waals surface area contributed by atoms with E-state index in [-0.39, 0.29) is 5.91 Å².